The van der Waals surface area contributed by atoms with Crippen LogP contribution in [0.15, 0.2) is 60.9 Å². The van der Waals surface area contributed by atoms with E-state index in [1.54, 1.807) is 18.5 Å². The van der Waals surface area contributed by atoms with E-state index in [4.69, 9.17) is 38.4 Å². The van der Waals surface area contributed by atoms with E-state index < -0.39 is 12.2 Å². The molecule has 4 saturated heterocycles. The summed E-state index contributed by atoms with van der Waals surface area (Å²) in [4.78, 5) is 80.4. The predicted molar refractivity (Wildman–Crippen MR) is 264 cm³/mol. The maximum Gasteiger partial charge on any atom is 1.00 e. The van der Waals surface area contributed by atoms with Crippen LogP contribution in [0.2, 0.25) is 0 Å². The number of nitrogens with one attached hydrogen (secondary N) is 1. The van der Waals surface area contributed by atoms with Crippen molar-refractivity contribution in [2.24, 2.45) is 23.3 Å². The van der Waals surface area contributed by atoms with E-state index in [0.717, 1.165) is 80.6 Å². The van der Waals surface area contributed by atoms with Gasteiger partial charge in [-0.15, -0.1) is 0 Å². The number of nitrogens with zero attached hydrogens (tertiary/aromatic N) is 7. The average Bonchev–Trinajstić information content (AvgIpc) is 3.36. The number of benzene rings is 2. The summed E-state index contributed by atoms with van der Waals surface area (Å²) in [5.74, 6) is 0.482. The fraction of sp³-hybridized carbons (Fsp3) is 0.490. The summed E-state index contributed by atoms with van der Waals surface area (Å²) in [5, 5.41) is 13.9. The number of carbonyl (C=O) groups is 5. The van der Waals surface area contributed by atoms with Crippen molar-refractivity contribution >= 4 is 90.3 Å². The number of likely N-dealkylation sites (tertiary alicyclic amines) is 1. The first-order valence-electron chi connectivity index (χ1n) is 22.9. The Balaban J connectivity index is 0.000000410. The Hall–Kier alpha value is -2.86. The van der Waals surface area contributed by atoms with Gasteiger partial charge in [-0.05, 0) is 102 Å². The number of pyridine rings is 2. The first-order valence-corrected chi connectivity index (χ1v) is 24.1. The van der Waals surface area contributed by atoms with Gasteiger partial charge in [-0.3, -0.25) is 38.8 Å². The molecule has 0 spiro atoms. The third-order valence-electron chi connectivity index (χ3n) is 12.3. The molecule has 4 atom stereocenters. The molecule has 2 aromatic heterocycles. The summed E-state index contributed by atoms with van der Waals surface area (Å²) >= 11 is 2.84. The number of anilines is 2. The van der Waals surface area contributed by atoms with Gasteiger partial charge in [-0.25, -0.2) is 9.69 Å². The Morgan fingerprint density at radius 2 is 1.20 bits per heavy atom. The maximum atomic E-state index is 13.1. The molecular weight excluding hydrogens is 1030 g/mol. The predicted octanol–water partition coefficient (Wildman–Crippen LogP) is -1.70. The molecule has 0 radical (unpaired) electrons. The van der Waals surface area contributed by atoms with Crippen molar-refractivity contribution in [3.05, 3.63) is 83.8 Å². The van der Waals surface area contributed by atoms with Gasteiger partial charge in [0.25, 0.3) is 6.47 Å². The number of Topliss-reactive ketones (excluding diaryl/α,β-unsaturated/α-hetero) is 2. The zero-order valence-corrected chi connectivity index (χ0v) is 48.8. The summed E-state index contributed by atoms with van der Waals surface area (Å²) in [6, 6.07) is 15.3. The average molecular weight is 1090 g/mol. The Morgan fingerprint density at radius 3 is 1.58 bits per heavy atom. The number of ether oxygens (including phenoxy) is 2. The number of hydrogen-bond donors (Lipinski definition) is 3. The van der Waals surface area contributed by atoms with Crippen LogP contribution < -0.4 is 135 Å². The van der Waals surface area contributed by atoms with Crippen LogP contribution in [0, 0.1) is 25.0 Å². The number of nitrogens with two attached hydrogens (primary N) is 2. The zero-order chi connectivity index (χ0) is 49.9. The molecule has 4 aliphatic rings. The van der Waals surface area contributed by atoms with Crippen molar-refractivity contribution in [1.82, 2.24) is 20.2 Å². The number of morpholine rings is 2. The van der Waals surface area contributed by atoms with Crippen molar-refractivity contribution in [3.63, 3.8) is 0 Å². The van der Waals surface area contributed by atoms with Gasteiger partial charge >= 0.3 is 103 Å². The number of hydrogen-bond acceptors (Lipinski definition) is 15. The van der Waals surface area contributed by atoms with Gasteiger partial charge in [0.1, 0.15) is 12.2 Å². The monoisotopic (exact) mass is 1090 g/mol. The second kappa shape index (κ2) is 32.4. The number of piperidine rings is 2. The van der Waals surface area contributed by atoms with Crippen LogP contribution in [0.3, 0.4) is 0 Å². The first kappa shape index (κ1) is 62.4. The second-order valence-electron chi connectivity index (χ2n) is 17.4. The SMILES string of the molecule is NC(=O)CBr.O=CO[O-].[C-]#[N+]c1ccc(N2C[C@@H](C)O[C@@H](C(=O)CC3CCN(CC(N)=O)CC3)C2)c2cccnc12.[C-]#[N+]c1ccc(N2C[C@@H](C)O[C@@H](C(=O)CC3CCNCC3)C2)c2cccnc12.[H-].[K+].[K+]. The Bertz CT molecular complexity index is 2490. The molecule has 5 N–H and O–H groups in total. The molecule has 8 rings (SSSR count). The van der Waals surface area contributed by atoms with E-state index in [2.05, 4.69) is 66.2 Å². The Morgan fingerprint density at radius 1 is 0.775 bits per heavy atom. The number of fused-ring (bicyclic) bond motifs is 2. The maximum absolute atomic E-state index is 13.1. The minimum Gasteiger partial charge on any atom is -1.00 e. The zero-order valence-electron chi connectivity index (χ0n) is 42.0. The normalized spacial score (nSPS) is 20.3. The number of primary amides is 2. The van der Waals surface area contributed by atoms with Crippen LogP contribution in [0.4, 0.5) is 22.7 Å². The molecular formula is C49H61BrK2N10O9. The Labute approximate surface area is 509 Å². The van der Waals surface area contributed by atoms with E-state index in [1.807, 2.05) is 56.3 Å². The van der Waals surface area contributed by atoms with Crippen LogP contribution in [0.1, 0.15) is 53.8 Å². The molecule has 4 aromatic rings. The van der Waals surface area contributed by atoms with Crippen LogP contribution in [0.25, 0.3) is 31.5 Å². The molecule has 0 saturated carbocycles. The number of ketones is 2. The van der Waals surface area contributed by atoms with Crippen LogP contribution in [-0.4, -0.2) is 133 Å². The van der Waals surface area contributed by atoms with Crippen LogP contribution in [-0.2, 0) is 38.3 Å². The van der Waals surface area contributed by atoms with Gasteiger partial charge in [0, 0.05) is 60.5 Å². The summed E-state index contributed by atoms with van der Waals surface area (Å²) < 4.78 is 12.1. The van der Waals surface area contributed by atoms with E-state index >= 15 is 0 Å². The van der Waals surface area contributed by atoms with Gasteiger partial charge in [0.2, 0.25) is 23.2 Å². The van der Waals surface area contributed by atoms with Gasteiger partial charge in [0.05, 0.1) is 61.3 Å². The molecule has 4 fully saturated rings. The number of amides is 2. The minimum absolute atomic E-state index is 0. The summed E-state index contributed by atoms with van der Waals surface area (Å²) in [6.45, 7) is 24.9. The van der Waals surface area contributed by atoms with Crippen molar-refractivity contribution in [3.8, 4) is 0 Å². The van der Waals surface area contributed by atoms with E-state index in [1.165, 1.54) is 0 Å². The number of halogens is 1. The molecule has 6 heterocycles. The van der Waals surface area contributed by atoms with Crippen molar-refractivity contribution < 1.29 is 148 Å². The molecule has 370 valence electrons. The third-order valence-corrected chi connectivity index (χ3v) is 12.9. The van der Waals surface area contributed by atoms with Crippen LogP contribution in [0.5, 0.6) is 0 Å². The third kappa shape index (κ3) is 19.1. The van der Waals surface area contributed by atoms with Crippen molar-refractivity contribution in [2.45, 2.75) is 76.8 Å². The molecule has 22 heteroatoms. The van der Waals surface area contributed by atoms with Gasteiger partial charge in [-0.2, -0.15) is 0 Å². The number of rotatable bonds is 12. The molecule has 19 nitrogen and oxygen atoms in total. The van der Waals surface area contributed by atoms with Crippen LogP contribution >= 0.6 is 15.9 Å². The topological polar surface area (TPSA) is 244 Å². The number of aromatic nitrogens is 2. The molecule has 2 amide bonds. The van der Waals surface area contributed by atoms with Gasteiger partial charge in [0.15, 0.2) is 11.6 Å². The fourth-order valence-corrected chi connectivity index (χ4v) is 9.16. The molecule has 4 aliphatic heterocycles. The van der Waals surface area contributed by atoms with E-state index in [0.29, 0.717) is 66.7 Å². The molecule has 0 unspecified atom stereocenters. The first-order chi connectivity index (χ1) is 33.3. The standard InChI is InChI=1S/C24H29N5O3.C22H26N4O2.C2H4BrNO.CH2O3.2K.H/c1-16-13-29(20-6-5-19(26-2)24-18(20)4-3-9-27-24)14-22(32-16)21(30)12-17-7-10-28(11-8-17)15-23(25)31;1-15-13-26(14-21(28-15)20(27)12-16-7-10-24-11-8-16)19-6-5-18(23-2)22-17(19)4-3-9-25-22;3-1-2(4)5;2-1-4-3;;;/h3-6,9,16-17,22H,7-8,10-15H2,1H3,(H2,25,31);3-6,9,15-16,21,24H,7-8,10-14H2,1H3;1H2,(H2,4,5);1,3H;;;/q;;;;2*+1;-1/p-1/t16-,22-;15-,21-;;;;;/m11...../s1. The van der Waals surface area contributed by atoms with Crippen molar-refractivity contribution in [1.29, 1.82) is 0 Å². The molecule has 2 aromatic carbocycles. The second-order valence-corrected chi connectivity index (χ2v) is 18.0. The summed E-state index contributed by atoms with van der Waals surface area (Å²) in [5.41, 5.74) is 14.4. The number of carbonyl (C=O) groups excluding carboxylic acids is 5. The minimum atomic E-state index is -0.477. The molecule has 0 aliphatic carbocycles. The van der Waals surface area contributed by atoms with E-state index in [9.17, 15) is 19.2 Å². The molecule has 71 heavy (non-hydrogen) atoms. The molecule has 0 bridgehead atoms. The van der Waals surface area contributed by atoms with Gasteiger partial charge in [-0.1, -0.05) is 40.2 Å². The summed E-state index contributed by atoms with van der Waals surface area (Å²) in [7, 11) is 0. The Kier molecular flexibility index (Phi) is 28.5. The number of alkyl halides is 1. The van der Waals surface area contributed by atoms with E-state index in [-0.39, 0.29) is 158 Å². The largest absolute Gasteiger partial charge is 1.00 e. The van der Waals surface area contributed by atoms with Crippen molar-refractivity contribution in [2.75, 3.05) is 74.0 Å². The van der Waals surface area contributed by atoms with Gasteiger partial charge < -0.3 is 47.6 Å². The smallest absolute Gasteiger partial charge is 1.00 e. The summed E-state index contributed by atoms with van der Waals surface area (Å²) in [6.07, 6.45) is 7.43. The fourth-order valence-electron chi connectivity index (χ4n) is 9.16. The quantitative estimate of drug-likeness (QED) is 0.0358.